The Morgan fingerprint density at radius 1 is 1.20 bits per heavy atom. The van der Waals surface area contributed by atoms with Gasteiger partial charge in [0.1, 0.15) is 11.4 Å². The summed E-state index contributed by atoms with van der Waals surface area (Å²) in [4.78, 5) is 24.7. The first-order valence-corrected chi connectivity index (χ1v) is 10.0. The molecule has 0 aliphatic heterocycles. The van der Waals surface area contributed by atoms with Crippen LogP contribution in [0.15, 0.2) is 28.9 Å². The molecule has 0 aliphatic rings. The average Bonchev–Trinajstić information content (AvgIpc) is 2.95. The Hall–Kier alpha value is -2.49. The lowest BCUT2D eigenvalue weighted by atomic mass is 9.91. The van der Waals surface area contributed by atoms with Crippen molar-refractivity contribution in [3.63, 3.8) is 0 Å². The van der Waals surface area contributed by atoms with Crippen LogP contribution in [0.4, 0.5) is 13.6 Å². The molecule has 1 amide bonds. The number of carbonyl (C=O) groups excluding carboxylic acids is 2. The molecule has 1 atom stereocenters. The smallest absolute Gasteiger partial charge is 0.408 e. The molecule has 1 aromatic heterocycles. The molecule has 2 aromatic rings. The highest BCUT2D eigenvalue weighted by atomic mass is 79.9. The number of ether oxygens (including phenoxy) is 2. The molecular weight excluding hydrogens is 464 g/mol. The van der Waals surface area contributed by atoms with Crippen molar-refractivity contribution in [2.45, 2.75) is 52.3 Å². The van der Waals surface area contributed by atoms with Crippen molar-refractivity contribution >= 4 is 28.0 Å². The first-order valence-electron chi connectivity index (χ1n) is 9.21. The minimum Gasteiger partial charge on any atom is -0.461 e. The minimum absolute atomic E-state index is 0.0388. The van der Waals surface area contributed by atoms with Crippen molar-refractivity contribution in [3.05, 3.63) is 51.8 Å². The van der Waals surface area contributed by atoms with Crippen molar-refractivity contribution in [1.82, 2.24) is 15.1 Å². The third-order valence-corrected chi connectivity index (χ3v) is 4.52. The highest BCUT2D eigenvalue weighted by Gasteiger charge is 2.36. The van der Waals surface area contributed by atoms with Crippen LogP contribution in [0.5, 0.6) is 0 Å². The van der Waals surface area contributed by atoms with Crippen LogP contribution in [-0.4, -0.2) is 34.1 Å². The fraction of sp³-hybridized carbons (Fsp3) is 0.450. The SMILES string of the molecule is CCOC(=O)c1c(F)cnn1C[C@](C)(NC(=O)OC(C)(C)C)c1cc(Br)ccc1F. The molecule has 0 aliphatic carbocycles. The summed E-state index contributed by atoms with van der Waals surface area (Å²) in [6.45, 7) is 7.94. The maximum atomic E-state index is 14.7. The number of carbonyl (C=O) groups is 2. The maximum absolute atomic E-state index is 14.7. The molecule has 1 N–H and O–H groups in total. The van der Waals surface area contributed by atoms with E-state index in [9.17, 15) is 18.4 Å². The van der Waals surface area contributed by atoms with Gasteiger partial charge in [-0.15, -0.1) is 0 Å². The van der Waals surface area contributed by atoms with E-state index in [2.05, 4.69) is 26.3 Å². The van der Waals surface area contributed by atoms with Gasteiger partial charge in [-0.05, 0) is 52.8 Å². The predicted octanol–water partition coefficient (Wildman–Crippen LogP) is 4.54. The van der Waals surface area contributed by atoms with Gasteiger partial charge in [0.25, 0.3) is 0 Å². The van der Waals surface area contributed by atoms with Crippen molar-refractivity contribution in [1.29, 1.82) is 0 Å². The molecule has 0 fully saturated rings. The summed E-state index contributed by atoms with van der Waals surface area (Å²) in [7, 11) is 0. The Morgan fingerprint density at radius 3 is 2.47 bits per heavy atom. The summed E-state index contributed by atoms with van der Waals surface area (Å²) in [5.41, 5.74) is -2.58. The Bertz CT molecular complexity index is 943. The molecule has 0 radical (unpaired) electrons. The quantitative estimate of drug-likeness (QED) is 0.604. The minimum atomic E-state index is -1.45. The van der Waals surface area contributed by atoms with Crippen LogP contribution in [0.1, 0.15) is 50.7 Å². The second-order valence-corrected chi connectivity index (χ2v) is 8.72. The van der Waals surface area contributed by atoms with Crippen molar-refractivity contribution in [2.24, 2.45) is 0 Å². The number of benzene rings is 1. The molecule has 0 spiro atoms. The van der Waals surface area contributed by atoms with Gasteiger partial charge in [0.05, 0.1) is 24.9 Å². The zero-order chi connectivity index (χ0) is 22.7. The number of hydrogen-bond donors (Lipinski definition) is 1. The molecule has 1 aromatic carbocycles. The van der Waals surface area contributed by atoms with Gasteiger partial charge in [0.2, 0.25) is 0 Å². The monoisotopic (exact) mass is 487 g/mol. The first kappa shape index (κ1) is 23.8. The van der Waals surface area contributed by atoms with Crippen molar-refractivity contribution < 1.29 is 27.8 Å². The molecule has 1 heterocycles. The van der Waals surface area contributed by atoms with Crippen molar-refractivity contribution in [3.8, 4) is 0 Å². The zero-order valence-electron chi connectivity index (χ0n) is 17.4. The van der Waals surface area contributed by atoms with Crippen LogP contribution >= 0.6 is 15.9 Å². The van der Waals surface area contributed by atoms with Crippen molar-refractivity contribution in [2.75, 3.05) is 6.61 Å². The predicted molar refractivity (Wildman–Crippen MR) is 109 cm³/mol. The van der Waals surface area contributed by atoms with Crippen LogP contribution in [0.25, 0.3) is 0 Å². The summed E-state index contributed by atoms with van der Waals surface area (Å²) >= 11 is 3.28. The third kappa shape index (κ3) is 5.78. The van der Waals surface area contributed by atoms with E-state index in [-0.39, 0.29) is 18.7 Å². The Balaban J connectivity index is 2.51. The van der Waals surface area contributed by atoms with E-state index in [0.717, 1.165) is 10.9 Å². The number of hydrogen-bond acceptors (Lipinski definition) is 5. The first-order chi connectivity index (χ1) is 13.9. The molecule has 0 saturated heterocycles. The number of halogens is 3. The van der Waals surface area contributed by atoms with Crippen LogP contribution in [0.2, 0.25) is 0 Å². The molecule has 0 bridgehead atoms. The molecule has 2 rings (SSSR count). The summed E-state index contributed by atoms with van der Waals surface area (Å²) < 4.78 is 40.7. The standard InChI is InChI=1S/C20H24BrF2N3O4/c1-6-29-17(27)16-15(23)10-24-26(16)11-20(5,25-18(28)30-19(2,3)4)13-9-12(21)7-8-14(13)22/h7-10H,6,11H2,1-5H3,(H,25,28)/t20-/m0/s1. The summed E-state index contributed by atoms with van der Waals surface area (Å²) in [6, 6.07) is 4.21. The Morgan fingerprint density at radius 2 is 1.87 bits per heavy atom. The summed E-state index contributed by atoms with van der Waals surface area (Å²) in [6.07, 6.45) is 0.0481. The third-order valence-electron chi connectivity index (χ3n) is 4.03. The number of alkyl carbamates (subject to hydrolysis) is 1. The summed E-state index contributed by atoms with van der Waals surface area (Å²) in [5.74, 6) is -2.41. The van der Waals surface area contributed by atoms with Gasteiger partial charge in [-0.3, -0.25) is 4.68 Å². The van der Waals surface area contributed by atoms with Gasteiger partial charge in [-0.25, -0.2) is 18.4 Å². The van der Waals surface area contributed by atoms with E-state index in [4.69, 9.17) is 9.47 Å². The van der Waals surface area contributed by atoms with Crippen LogP contribution in [0.3, 0.4) is 0 Å². The van der Waals surface area contributed by atoms with Gasteiger partial charge in [-0.2, -0.15) is 5.10 Å². The van der Waals surface area contributed by atoms with Gasteiger partial charge in [-0.1, -0.05) is 15.9 Å². The fourth-order valence-corrected chi connectivity index (χ4v) is 3.19. The normalized spacial score (nSPS) is 13.5. The lowest BCUT2D eigenvalue weighted by Crippen LogP contribution is -2.49. The fourth-order valence-electron chi connectivity index (χ4n) is 2.83. The van der Waals surface area contributed by atoms with Gasteiger partial charge in [0, 0.05) is 10.0 Å². The number of esters is 1. The van der Waals surface area contributed by atoms with E-state index in [1.165, 1.54) is 25.1 Å². The lowest BCUT2D eigenvalue weighted by molar-refractivity contribution is 0.0442. The van der Waals surface area contributed by atoms with E-state index in [1.54, 1.807) is 27.7 Å². The number of aromatic nitrogens is 2. The average molecular weight is 488 g/mol. The number of rotatable bonds is 6. The van der Waals surface area contributed by atoms with E-state index >= 15 is 0 Å². The topological polar surface area (TPSA) is 82.5 Å². The molecule has 0 saturated carbocycles. The molecule has 10 heteroatoms. The van der Waals surface area contributed by atoms with Crippen LogP contribution < -0.4 is 5.32 Å². The van der Waals surface area contributed by atoms with E-state index < -0.39 is 40.5 Å². The number of amides is 1. The van der Waals surface area contributed by atoms with Gasteiger partial charge in [0.15, 0.2) is 11.5 Å². The van der Waals surface area contributed by atoms with E-state index in [0.29, 0.717) is 4.47 Å². The number of nitrogens with one attached hydrogen (secondary N) is 1. The number of nitrogens with zero attached hydrogens (tertiary/aromatic N) is 2. The maximum Gasteiger partial charge on any atom is 0.408 e. The Labute approximate surface area is 181 Å². The molecule has 0 unspecified atom stereocenters. The van der Waals surface area contributed by atoms with E-state index in [1.807, 2.05) is 0 Å². The van der Waals surface area contributed by atoms with Gasteiger partial charge >= 0.3 is 12.1 Å². The van der Waals surface area contributed by atoms with Gasteiger partial charge < -0.3 is 14.8 Å². The zero-order valence-corrected chi connectivity index (χ0v) is 19.0. The molecule has 164 valence electrons. The summed E-state index contributed by atoms with van der Waals surface area (Å²) in [5, 5.41) is 6.51. The lowest BCUT2D eigenvalue weighted by Gasteiger charge is -2.33. The van der Waals surface area contributed by atoms with Crippen LogP contribution in [0, 0.1) is 11.6 Å². The molecular formula is C20H24BrF2N3O4. The second kappa shape index (κ2) is 9.11. The highest BCUT2D eigenvalue weighted by Crippen LogP contribution is 2.30. The molecule has 7 nitrogen and oxygen atoms in total. The van der Waals surface area contributed by atoms with Crippen LogP contribution in [-0.2, 0) is 21.6 Å². The molecule has 30 heavy (non-hydrogen) atoms. The Kier molecular flexibility index (Phi) is 7.23. The largest absolute Gasteiger partial charge is 0.461 e. The second-order valence-electron chi connectivity index (χ2n) is 7.80. The highest BCUT2D eigenvalue weighted by molar-refractivity contribution is 9.10.